The molecule has 0 amide bonds. The third kappa shape index (κ3) is 2.79. The standard InChI is InChI=1S/C27H25Br/c1-27(2)24-11-7-6-10-22(24)26-23(19-8-4-3-5-9-19)16-20(17-25(26)27)18-12-14-21(28)15-13-18/h3-4,6-8,10-16,25H,5,9,17H2,1-2H3. The number of benzene rings is 2. The zero-order chi connectivity index (χ0) is 19.3. The van der Waals surface area contributed by atoms with Crippen molar-refractivity contribution in [3.63, 3.8) is 0 Å². The van der Waals surface area contributed by atoms with Crippen LogP contribution in [0.15, 0.2) is 88.5 Å². The Hall–Kier alpha value is -2.12. The van der Waals surface area contributed by atoms with Gasteiger partial charge < -0.3 is 0 Å². The van der Waals surface area contributed by atoms with Gasteiger partial charge in [-0.25, -0.2) is 0 Å². The van der Waals surface area contributed by atoms with Gasteiger partial charge in [0.05, 0.1) is 0 Å². The van der Waals surface area contributed by atoms with Gasteiger partial charge in [-0.05, 0) is 81.7 Å². The zero-order valence-corrected chi connectivity index (χ0v) is 18.1. The Bertz CT molecular complexity index is 1060. The summed E-state index contributed by atoms with van der Waals surface area (Å²) in [6, 6.07) is 17.9. The van der Waals surface area contributed by atoms with Crippen LogP contribution in [-0.2, 0) is 5.41 Å². The van der Waals surface area contributed by atoms with E-state index >= 15 is 0 Å². The monoisotopic (exact) mass is 428 g/mol. The third-order valence-corrected chi connectivity index (χ3v) is 7.27. The summed E-state index contributed by atoms with van der Waals surface area (Å²) in [5.74, 6) is 0.523. The molecule has 0 aliphatic heterocycles. The molecule has 28 heavy (non-hydrogen) atoms. The van der Waals surface area contributed by atoms with Crippen molar-refractivity contribution >= 4 is 27.1 Å². The van der Waals surface area contributed by atoms with Crippen LogP contribution in [0.2, 0.25) is 0 Å². The van der Waals surface area contributed by atoms with E-state index in [1.807, 2.05) is 0 Å². The van der Waals surface area contributed by atoms with Gasteiger partial charge in [0.25, 0.3) is 0 Å². The molecular weight excluding hydrogens is 404 g/mol. The number of rotatable bonds is 2. The molecule has 3 aliphatic rings. The number of hydrogen-bond acceptors (Lipinski definition) is 0. The van der Waals surface area contributed by atoms with Crippen LogP contribution in [0.3, 0.4) is 0 Å². The molecule has 2 aromatic rings. The highest BCUT2D eigenvalue weighted by Gasteiger charge is 2.45. The Kier molecular flexibility index (Phi) is 4.32. The van der Waals surface area contributed by atoms with Crippen LogP contribution in [0.5, 0.6) is 0 Å². The molecule has 1 heteroatoms. The van der Waals surface area contributed by atoms with E-state index in [1.54, 1.807) is 5.57 Å². The Morgan fingerprint density at radius 3 is 2.50 bits per heavy atom. The highest BCUT2D eigenvalue weighted by Crippen LogP contribution is 2.57. The SMILES string of the molecule is CC1(C)c2ccccc2C2=C(C3=CC=CCC3)C=C(c3ccc(Br)cc3)CC21. The van der Waals surface area contributed by atoms with Gasteiger partial charge in [0.1, 0.15) is 0 Å². The van der Waals surface area contributed by atoms with Gasteiger partial charge in [0, 0.05) is 4.47 Å². The van der Waals surface area contributed by atoms with Crippen molar-refractivity contribution in [3.05, 3.63) is 105 Å². The Morgan fingerprint density at radius 1 is 0.964 bits per heavy atom. The number of fused-ring (bicyclic) bond motifs is 3. The number of hydrogen-bond donors (Lipinski definition) is 0. The Morgan fingerprint density at radius 2 is 1.75 bits per heavy atom. The maximum absolute atomic E-state index is 3.58. The molecule has 0 saturated heterocycles. The third-order valence-electron chi connectivity index (χ3n) is 6.74. The summed E-state index contributed by atoms with van der Waals surface area (Å²) in [6.45, 7) is 4.86. The molecule has 0 nitrogen and oxygen atoms in total. The average molecular weight is 429 g/mol. The van der Waals surface area contributed by atoms with Crippen LogP contribution in [0.4, 0.5) is 0 Å². The Labute approximate surface area is 176 Å². The van der Waals surface area contributed by atoms with E-state index in [4.69, 9.17) is 0 Å². The molecule has 0 heterocycles. The maximum atomic E-state index is 3.58. The van der Waals surface area contributed by atoms with Crippen molar-refractivity contribution < 1.29 is 0 Å². The van der Waals surface area contributed by atoms with Crippen molar-refractivity contribution in [2.75, 3.05) is 0 Å². The summed E-state index contributed by atoms with van der Waals surface area (Å²) >= 11 is 3.58. The summed E-state index contributed by atoms with van der Waals surface area (Å²) < 4.78 is 1.14. The van der Waals surface area contributed by atoms with Crippen LogP contribution in [-0.4, -0.2) is 0 Å². The molecule has 1 unspecified atom stereocenters. The number of allylic oxidation sites excluding steroid dienone is 8. The molecule has 0 N–H and O–H groups in total. The summed E-state index contributed by atoms with van der Waals surface area (Å²) in [5, 5.41) is 0. The second kappa shape index (κ2) is 6.74. The lowest BCUT2D eigenvalue weighted by molar-refractivity contribution is 0.417. The quantitative estimate of drug-likeness (QED) is 0.456. The lowest BCUT2D eigenvalue weighted by Gasteiger charge is -2.34. The van der Waals surface area contributed by atoms with E-state index in [-0.39, 0.29) is 5.41 Å². The van der Waals surface area contributed by atoms with Gasteiger partial charge in [-0.15, -0.1) is 0 Å². The summed E-state index contributed by atoms with van der Waals surface area (Å²) in [7, 11) is 0. The highest BCUT2D eigenvalue weighted by atomic mass is 79.9. The molecule has 1 atom stereocenters. The minimum Gasteiger partial charge on any atom is -0.0842 e. The lowest BCUT2D eigenvalue weighted by atomic mass is 9.69. The summed E-state index contributed by atoms with van der Waals surface area (Å²) in [6.07, 6.45) is 12.7. The first-order valence-corrected chi connectivity index (χ1v) is 11.0. The summed E-state index contributed by atoms with van der Waals surface area (Å²) in [5.41, 5.74) is 10.5. The van der Waals surface area contributed by atoms with E-state index in [1.165, 1.54) is 33.4 Å². The van der Waals surface area contributed by atoms with Gasteiger partial charge in [0.15, 0.2) is 0 Å². The molecule has 140 valence electrons. The molecule has 0 aromatic heterocycles. The van der Waals surface area contributed by atoms with Gasteiger partial charge in [-0.3, -0.25) is 0 Å². The van der Waals surface area contributed by atoms with E-state index < -0.39 is 0 Å². The van der Waals surface area contributed by atoms with E-state index in [2.05, 4.69) is 103 Å². The van der Waals surface area contributed by atoms with Crippen LogP contribution in [0, 0.1) is 5.92 Å². The zero-order valence-electron chi connectivity index (χ0n) is 16.5. The fourth-order valence-electron chi connectivity index (χ4n) is 5.19. The first-order chi connectivity index (χ1) is 13.6. The van der Waals surface area contributed by atoms with Crippen molar-refractivity contribution in [2.45, 2.75) is 38.5 Å². The first kappa shape index (κ1) is 17.9. The predicted molar refractivity (Wildman–Crippen MR) is 123 cm³/mol. The second-order valence-electron chi connectivity index (χ2n) is 8.69. The number of halogens is 1. The van der Waals surface area contributed by atoms with Gasteiger partial charge in [-0.2, -0.15) is 0 Å². The van der Waals surface area contributed by atoms with E-state index in [9.17, 15) is 0 Å². The smallest absolute Gasteiger partial charge is 0.0175 e. The molecule has 0 saturated carbocycles. The van der Waals surface area contributed by atoms with Crippen LogP contribution in [0.1, 0.15) is 49.8 Å². The van der Waals surface area contributed by atoms with Crippen molar-refractivity contribution in [1.82, 2.24) is 0 Å². The van der Waals surface area contributed by atoms with E-state index in [0.29, 0.717) is 5.92 Å². The summed E-state index contributed by atoms with van der Waals surface area (Å²) in [4.78, 5) is 0. The maximum Gasteiger partial charge on any atom is 0.0175 e. The molecule has 0 bridgehead atoms. The lowest BCUT2D eigenvalue weighted by Crippen LogP contribution is -2.25. The fraction of sp³-hybridized carbons (Fsp3) is 0.259. The minimum absolute atomic E-state index is 0.150. The molecular formula is C27H25Br. The van der Waals surface area contributed by atoms with Gasteiger partial charge in [-0.1, -0.05) is 90.5 Å². The second-order valence-corrected chi connectivity index (χ2v) is 9.60. The van der Waals surface area contributed by atoms with Crippen molar-refractivity contribution in [2.24, 2.45) is 5.92 Å². The van der Waals surface area contributed by atoms with Gasteiger partial charge >= 0.3 is 0 Å². The average Bonchev–Trinajstić information content (AvgIpc) is 2.96. The Balaban J connectivity index is 1.74. The molecule has 3 aliphatic carbocycles. The van der Waals surface area contributed by atoms with Gasteiger partial charge in [0.2, 0.25) is 0 Å². The minimum atomic E-state index is 0.150. The van der Waals surface area contributed by atoms with Crippen LogP contribution < -0.4 is 0 Å². The molecule has 0 radical (unpaired) electrons. The van der Waals surface area contributed by atoms with Crippen molar-refractivity contribution in [3.8, 4) is 0 Å². The van der Waals surface area contributed by atoms with Crippen LogP contribution >= 0.6 is 15.9 Å². The largest absolute Gasteiger partial charge is 0.0842 e. The molecule has 0 fully saturated rings. The van der Waals surface area contributed by atoms with Crippen LogP contribution in [0.25, 0.3) is 11.1 Å². The predicted octanol–water partition coefficient (Wildman–Crippen LogP) is 7.87. The molecule has 0 spiro atoms. The fourth-order valence-corrected chi connectivity index (χ4v) is 5.46. The molecule has 5 rings (SSSR count). The molecule has 2 aromatic carbocycles. The first-order valence-electron chi connectivity index (χ1n) is 10.2. The normalized spacial score (nSPS) is 22.5. The van der Waals surface area contributed by atoms with Crippen molar-refractivity contribution in [1.29, 1.82) is 0 Å². The van der Waals surface area contributed by atoms with E-state index in [0.717, 1.165) is 23.7 Å². The highest BCUT2D eigenvalue weighted by molar-refractivity contribution is 9.10. The topological polar surface area (TPSA) is 0 Å².